The summed E-state index contributed by atoms with van der Waals surface area (Å²) in [5.74, 6) is 1.09. The number of fused-ring (bicyclic) bond motifs is 1. The van der Waals surface area contributed by atoms with E-state index in [1.54, 1.807) is 0 Å². The summed E-state index contributed by atoms with van der Waals surface area (Å²) < 4.78 is 0. The van der Waals surface area contributed by atoms with Crippen LogP contribution in [0, 0.1) is 11.8 Å². The highest BCUT2D eigenvalue weighted by Crippen LogP contribution is 2.57. The summed E-state index contributed by atoms with van der Waals surface area (Å²) in [6.45, 7) is 6.95. The molecule has 2 nitrogen and oxygen atoms in total. The first-order valence-corrected chi connectivity index (χ1v) is 4.13. The van der Waals surface area contributed by atoms with E-state index < -0.39 is 0 Å². The Morgan fingerprint density at radius 1 is 1.00 bits per heavy atom. The first-order valence-electron chi connectivity index (χ1n) is 4.13. The molecule has 0 saturated heterocycles. The van der Waals surface area contributed by atoms with Crippen LogP contribution in [0.3, 0.4) is 0 Å². The molecule has 1 fully saturated rings. The molecule has 2 aliphatic carbocycles. The van der Waals surface area contributed by atoms with Gasteiger partial charge in [0.05, 0.1) is 0 Å². The zero-order valence-electron chi connectivity index (χ0n) is 6.88. The Hall–Kier alpha value is -1.18. The number of rotatable bonds is 2. The summed E-state index contributed by atoms with van der Waals surface area (Å²) >= 11 is 0. The third-order valence-electron chi connectivity index (χ3n) is 2.93. The zero-order chi connectivity index (χ0) is 8.88. The number of hydrogen-bond acceptors (Lipinski definition) is 2. The Balaban J connectivity index is 2.37. The second-order valence-corrected chi connectivity index (χ2v) is 3.51. The number of hydrogen-bond donors (Lipinski definition) is 2. The van der Waals surface area contributed by atoms with Gasteiger partial charge in [0.25, 0.3) is 0 Å². The first kappa shape index (κ1) is 7.47. The SMILES string of the molecule is C=C(O)C1=C(C(=C)O)C2CCC12. The van der Waals surface area contributed by atoms with E-state index in [-0.39, 0.29) is 11.5 Å². The average Bonchev–Trinajstić information content (AvgIpc) is 1.91. The minimum atomic E-state index is 0.0983. The van der Waals surface area contributed by atoms with Crippen molar-refractivity contribution in [3.05, 3.63) is 35.8 Å². The van der Waals surface area contributed by atoms with E-state index in [2.05, 4.69) is 13.2 Å². The largest absolute Gasteiger partial charge is 0.508 e. The van der Waals surface area contributed by atoms with Gasteiger partial charge in [0.2, 0.25) is 0 Å². The zero-order valence-corrected chi connectivity index (χ0v) is 6.88. The van der Waals surface area contributed by atoms with Crippen molar-refractivity contribution in [3.63, 3.8) is 0 Å². The van der Waals surface area contributed by atoms with E-state index in [9.17, 15) is 10.2 Å². The molecular weight excluding hydrogens is 152 g/mol. The van der Waals surface area contributed by atoms with Crippen LogP contribution < -0.4 is 0 Å². The van der Waals surface area contributed by atoms with E-state index in [1.807, 2.05) is 0 Å². The molecule has 2 unspecified atom stereocenters. The first-order chi connectivity index (χ1) is 5.63. The molecule has 2 N–H and O–H groups in total. The standard InChI is InChI=1S/C10H12O2/c1-5(11)9-7-3-4-8(7)10(9)6(2)12/h7-8,11-12H,1-4H2. The predicted octanol–water partition coefficient (Wildman–Crippen LogP) is 2.47. The molecule has 0 bridgehead atoms. The molecule has 0 aromatic heterocycles. The van der Waals surface area contributed by atoms with Crippen LogP contribution in [0.1, 0.15) is 12.8 Å². The Morgan fingerprint density at radius 2 is 1.33 bits per heavy atom. The number of allylic oxidation sites excluding steroid dienone is 2. The van der Waals surface area contributed by atoms with Gasteiger partial charge in [-0.15, -0.1) is 0 Å². The van der Waals surface area contributed by atoms with Crippen LogP contribution in [0.2, 0.25) is 0 Å². The van der Waals surface area contributed by atoms with Gasteiger partial charge in [-0.3, -0.25) is 0 Å². The fourth-order valence-electron chi connectivity index (χ4n) is 2.23. The van der Waals surface area contributed by atoms with Crippen LogP contribution >= 0.6 is 0 Å². The predicted molar refractivity (Wildman–Crippen MR) is 46.8 cm³/mol. The molecule has 2 rings (SSSR count). The van der Waals surface area contributed by atoms with Crippen molar-refractivity contribution in [2.75, 3.05) is 0 Å². The van der Waals surface area contributed by atoms with Gasteiger partial charge < -0.3 is 10.2 Å². The van der Waals surface area contributed by atoms with Gasteiger partial charge in [-0.05, 0) is 24.7 Å². The number of aliphatic hydroxyl groups excluding tert-OH is 2. The highest BCUT2D eigenvalue weighted by molar-refractivity contribution is 5.51. The van der Waals surface area contributed by atoms with Crippen LogP contribution in [0.4, 0.5) is 0 Å². The Morgan fingerprint density at radius 3 is 1.50 bits per heavy atom. The molecule has 12 heavy (non-hydrogen) atoms. The minimum absolute atomic E-state index is 0.0983. The maximum Gasteiger partial charge on any atom is 0.112 e. The lowest BCUT2D eigenvalue weighted by Gasteiger charge is -2.49. The van der Waals surface area contributed by atoms with Crippen molar-refractivity contribution >= 4 is 0 Å². The van der Waals surface area contributed by atoms with Crippen molar-refractivity contribution in [1.29, 1.82) is 0 Å². The number of aliphatic hydroxyl groups is 2. The van der Waals surface area contributed by atoms with Gasteiger partial charge in [-0.25, -0.2) is 0 Å². The van der Waals surface area contributed by atoms with Gasteiger partial charge in [0.1, 0.15) is 11.5 Å². The van der Waals surface area contributed by atoms with Crippen molar-refractivity contribution in [3.8, 4) is 0 Å². The maximum absolute atomic E-state index is 9.21. The molecule has 1 saturated carbocycles. The van der Waals surface area contributed by atoms with Gasteiger partial charge in [0.15, 0.2) is 0 Å². The molecule has 0 aliphatic heterocycles. The summed E-state index contributed by atoms with van der Waals surface area (Å²) in [6, 6.07) is 0. The Kier molecular flexibility index (Phi) is 1.34. The molecule has 0 aromatic rings. The molecule has 0 heterocycles. The Labute approximate surface area is 71.5 Å². The van der Waals surface area contributed by atoms with Gasteiger partial charge >= 0.3 is 0 Å². The summed E-state index contributed by atoms with van der Waals surface area (Å²) in [7, 11) is 0. The normalized spacial score (nSPS) is 31.7. The lowest BCUT2D eigenvalue weighted by molar-refractivity contribution is 0.181. The molecule has 0 amide bonds. The molecule has 2 aliphatic rings. The van der Waals surface area contributed by atoms with Crippen LogP contribution in [0.5, 0.6) is 0 Å². The van der Waals surface area contributed by atoms with E-state index in [0.29, 0.717) is 11.8 Å². The molecule has 0 radical (unpaired) electrons. The van der Waals surface area contributed by atoms with Crippen LogP contribution in [-0.2, 0) is 0 Å². The maximum atomic E-state index is 9.21. The third kappa shape index (κ3) is 0.697. The fourth-order valence-corrected chi connectivity index (χ4v) is 2.23. The summed E-state index contributed by atoms with van der Waals surface area (Å²) in [5.41, 5.74) is 1.66. The quantitative estimate of drug-likeness (QED) is 0.615. The fraction of sp³-hybridized carbons (Fsp3) is 0.400. The highest BCUT2D eigenvalue weighted by atomic mass is 16.3. The lowest BCUT2D eigenvalue weighted by atomic mass is 9.55. The summed E-state index contributed by atoms with van der Waals surface area (Å²) in [4.78, 5) is 0. The van der Waals surface area contributed by atoms with E-state index in [1.165, 1.54) is 0 Å². The van der Waals surface area contributed by atoms with Gasteiger partial charge in [0, 0.05) is 11.1 Å². The molecule has 64 valence electrons. The van der Waals surface area contributed by atoms with Crippen molar-refractivity contribution < 1.29 is 10.2 Å². The lowest BCUT2D eigenvalue weighted by Crippen LogP contribution is -2.40. The van der Waals surface area contributed by atoms with Gasteiger partial charge in [-0.1, -0.05) is 13.2 Å². The van der Waals surface area contributed by atoms with Crippen LogP contribution in [0.15, 0.2) is 35.8 Å². The minimum Gasteiger partial charge on any atom is -0.508 e. The molecule has 0 aromatic carbocycles. The second kappa shape index (κ2) is 2.16. The van der Waals surface area contributed by atoms with Crippen molar-refractivity contribution in [1.82, 2.24) is 0 Å². The molecule has 2 atom stereocenters. The van der Waals surface area contributed by atoms with Crippen molar-refractivity contribution in [2.45, 2.75) is 12.8 Å². The second-order valence-electron chi connectivity index (χ2n) is 3.51. The monoisotopic (exact) mass is 164 g/mol. The Bertz CT molecular complexity index is 269. The molecule has 0 spiro atoms. The van der Waals surface area contributed by atoms with Gasteiger partial charge in [-0.2, -0.15) is 0 Å². The topological polar surface area (TPSA) is 40.5 Å². The van der Waals surface area contributed by atoms with E-state index in [4.69, 9.17) is 0 Å². The van der Waals surface area contributed by atoms with Crippen LogP contribution in [-0.4, -0.2) is 10.2 Å². The molecular formula is C10H12O2. The average molecular weight is 164 g/mol. The van der Waals surface area contributed by atoms with Crippen molar-refractivity contribution in [2.24, 2.45) is 11.8 Å². The summed E-state index contributed by atoms with van der Waals surface area (Å²) in [6.07, 6.45) is 2.22. The molecule has 2 heteroatoms. The van der Waals surface area contributed by atoms with Crippen LogP contribution in [0.25, 0.3) is 0 Å². The highest BCUT2D eigenvalue weighted by Gasteiger charge is 2.48. The van der Waals surface area contributed by atoms with E-state index in [0.717, 1.165) is 24.0 Å². The third-order valence-corrected chi connectivity index (χ3v) is 2.93. The summed E-state index contributed by atoms with van der Waals surface area (Å²) in [5, 5.41) is 18.4. The van der Waals surface area contributed by atoms with E-state index >= 15 is 0 Å². The smallest absolute Gasteiger partial charge is 0.112 e.